The van der Waals surface area contributed by atoms with E-state index in [2.05, 4.69) is 10.2 Å². The molecule has 0 atom stereocenters. The number of Topliss-reactive ketones (excluding diaryl/α,β-unsaturated/α-hetero) is 1. The number of thioether (sulfide) groups is 1. The Balaban J connectivity index is 1.66. The monoisotopic (exact) mass is 451 g/mol. The van der Waals surface area contributed by atoms with Crippen molar-refractivity contribution >= 4 is 40.5 Å². The van der Waals surface area contributed by atoms with Crippen LogP contribution < -0.4 is 0 Å². The third kappa shape index (κ3) is 4.78. The highest BCUT2D eigenvalue weighted by atomic mass is 35.5. The minimum atomic E-state index is -0.00000276. The molecule has 2 aromatic heterocycles. The van der Waals surface area contributed by atoms with Gasteiger partial charge in [0.1, 0.15) is 11.4 Å². The number of benzene rings is 2. The van der Waals surface area contributed by atoms with Gasteiger partial charge in [-0.3, -0.25) is 4.79 Å². The first kappa shape index (κ1) is 20.7. The molecule has 0 fully saturated rings. The van der Waals surface area contributed by atoms with E-state index in [1.165, 1.54) is 34.2 Å². The molecular weight excluding hydrogens is 434 g/mol. The lowest BCUT2D eigenvalue weighted by molar-refractivity contribution is 0.102. The molecule has 0 saturated carbocycles. The highest BCUT2D eigenvalue weighted by molar-refractivity contribution is 7.99. The van der Waals surface area contributed by atoms with Gasteiger partial charge >= 0.3 is 0 Å². The molecule has 7 heteroatoms. The van der Waals surface area contributed by atoms with Crippen molar-refractivity contribution in [2.75, 3.05) is 5.75 Å². The Bertz CT molecular complexity index is 1190. The van der Waals surface area contributed by atoms with Crippen LogP contribution in [0.5, 0.6) is 0 Å². The first-order valence-corrected chi connectivity index (χ1v) is 11.5. The van der Waals surface area contributed by atoms with Crippen molar-refractivity contribution in [2.24, 2.45) is 0 Å². The van der Waals surface area contributed by atoms with Crippen LogP contribution in [-0.4, -0.2) is 26.7 Å². The predicted octanol–water partition coefficient (Wildman–Crippen LogP) is 6.51. The van der Waals surface area contributed by atoms with Crippen LogP contribution in [0.2, 0.25) is 4.34 Å². The summed E-state index contributed by atoms with van der Waals surface area (Å²) in [6.07, 6.45) is 0. The third-order valence-electron chi connectivity index (χ3n) is 4.50. The quantitative estimate of drug-likeness (QED) is 0.247. The molecule has 0 amide bonds. The van der Waals surface area contributed by atoms with Crippen molar-refractivity contribution in [2.45, 2.75) is 19.0 Å². The van der Waals surface area contributed by atoms with E-state index in [0.29, 0.717) is 14.4 Å². The van der Waals surface area contributed by atoms with Crippen molar-refractivity contribution in [3.05, 3.63) is 81.0 Å². The number of ketones is 1. The van der Waals surface area contributed by atoms with E-state index in [9.17, 15) is 4.79 Å². The molecule has 30 heavy (non-hydrogen) atoms. The minimum absolute atomic E-state index is 0.00000276. The maximum Gasteiger partial charge on any atom is 0.210 e. The van der Waals surface area contributed by atoms with E-state index < -0.39 is 0 Å². The van der Waals surface area contributed by atoms with Crippen molar-refractivity contribution in [1.82, 2.24) is 15.2 Å². The summed E-state index contributed by atoms with van der Waals surface area (Å²) in [6, 6.07) is 19.8. The second kappa shape index (κ2) is 9.08. The van der Waals surface area contributed by atoms with E-state index in [1.54, 1.807) is 12.1 Å². The Hall–Kier alpha value is -2.54. The van der Waals surface area contributed by atoms with Crippen LogP contribution in [0, 0.1) is 13.8 Å². The molecule has 0 saturated heterocycles. The lowest BCUT2D eigenvalue weighted by atomic mass is 10.0. The average molecular weight is 452 g/mol. The van der Waals surface area contributed by atoms with Gasteiger partial charge in [-0.1, -0.05) is 83.0 Å². The van der Waals surface area contributed by atoms with Crippen molar-refractivity contribution in [1.29, 1.82) is 0 Å². The number of aromatic nitrogens is 3. The summed E-state index contributed by atoms with van der Waals surface area (Å²) in [7, 11) is 0. The molecule has 0 spiro atoms. The topological polar surface area (TPSA) is 55.7 Å². The number of hydrogen-bond donors (Lipinski definition) is 0. The maximum absolute atomic E-state index is 12.4. The molecule has 150 valence electrons. The highest BCUT2D eigenvalue weighted by Crippen LogP contribution is 2.31. The van der Waals surface area contributed by atoms with Crippen LogP contribution >= 0.6 is 34.7 Å². The zero-order valence-electron chi connectivity index (χ0n) is 16.4. The Morgan fingerprint density at radius 1 is 0.867 bits per heavy atom. The number of hydrogen-bond acceptors (Lipinski definition) is 6. The second-order valence-corrected chi connectivity index (χ2v) is 9.50. The Morgan fingerprint density at radius 3 is 2.03 bits per heavy atom. The fourth-order valence-electron chi connectivity index (χ4n) is 2.86. The number of aryl methyl sites for hydroxylation is 2. The molecule has 0 aliphatic carbocycles. The normalized spacial score (nSPS) is 10.9. The first-order chi connectivity index (χ1) is 14.5. The minimum Gasteiger partial charge on any atom is -0.292 e. The van der Waals surface area contributed by atoms with Gasteiger partial charge < -0.3 is 0 Å². The molecule has 0 aliphatic heterocycles. The maximum atomic E-state index is 12.4. The largest absolute Gasteiger partial charge is 0.292 e. The van der Waals surface area contributed by atoms with Crippen LogP contribution in [0.1, 0.15) is 20.8 Å². The van der Waals surface area contributed by atoms with E-state index in [1.807, 2.05) is 62.4 Å². The summed E-state index contributed by atoms with van der Waals surface area (Å²) in [5, 5.41) is 9.22. The van der Waals surface area contributed by atoms with E-state index in [0.717, 1.165) is 22.5 Å². The highest BCUT2D eigenvalue weighted by Gasteiger charge is 2.16. The molecule has 0 radical (unpaired) electrons. The molecule has 0 bridgehead atoms. The van der Waals surface area contributed by atoms with Gasteiger partial charge in [-0.05, 0) is 26.0 Å². The Labute approximate surface area is 188 Å². The number of thiophene rings is 1. The summed E-state index contributed by atoms with van der Waals surface area (Å²) >= 11 is 8.49. The third-order valence-corrected chi connectivity index (χ3v) is 6.61. The second-order valence-electron chi connectivity index (χ2n) is 6.84. The summed E-state index contributed by atoms with van der Waals surface area (Å²) in [4.78, 5) is 17.8. The molecule has 4 aromatic rings. The van der Waals surface area contributed by atoms with Crippen molar-refractivity contribution < 1.29 is 4.79 Å². The van der Waals surface area contributed by atoms with Crippen molar-refractivity contribution in [3.8, 4) is 22.5 Å². The molecule has 2 heterocycles. The molecule has 2 aromatic carbocycles. The van der Waals surface area contributed by atoms with Crippen LogP contribution in [0.15, 0.2) is 65.8 Å². The lowest BCUT2D eigenvalue weighted by Gasteiger charge is -2.10. The summed E-state index contributed by atoms with van der Waals surface area (Å²) in [5.41, 5.74) is 5.74. The summed E-state index contributed by atoms with van der Waals surface area (Å²) in [5.74, 6) is 0.232. The summed E-state index contributed by atoms with van der Waals surface area (Å²) in [6.45, 7) is 4.10. The molecular formula is C23H18ClN3OS2. The van der Waals surface area contributed by atoms with Gasteiger partial charge in [-0.15, -0.1) is 21.5 Å². The number of rotatable bonds is 6. The Morgan fingerprint density at radius 2 is 1.47 bits per heavy atom. The number of carbonyl (C=O) groups is 1. The van der Waals surface area contributed by atoms with Gasteiger partial charge in [0.05, 0.1) is 15.0 Å². The molecule has 0 aliphatic rings. The Kier molecular flexibility index (Phi) is 6.27. The predicted molar refractivity (Wildman–Crippen MR) is 125 cm³/mol. The fourth-order valence-corrected chi connectivity index (χ4v) is 4.60. The number of halogens is 1. The van der Waals surface area contributed by atoms with Crippen molar-refractivity contribution in [3.63, 3.8) is 0 Å². The van der Waals surface area contributed by atoms with Crippen LogP contribution in [0.25, 0.3) is 22.5 Å². The van der Waals surface area contributed by atoms with Crippen LogP contribution in [0.4, 0.5) is 0 Å². The molecule has 0 N–H and O–H groups in total. The van der Waals surface area contributed by atoms with Crippen LogP contribution in [-0.2, 0) is 0 Å². The summed E-state index contributed by atoms with van der Waals surface area (Å²) < 4.78 is 0.602. The zero-order valence-corrected chi connectivity index (χ0v) is 18.8. The van der Waals surface area contributed by atoms with Gasteiger partial charge in [-0.25, -0.2) is 4.98 Å². The van der Waals surface area contributed by atoms with E-state index >= 15 is 0 Å². The van der Waals surface area contributed by atoms with Gasteiger partial charge in [0, 0.05) is 11.1 Å². The number of nitrogens with zero attached hydrogens (tertiary/aromatic N) is 3. The fraction of sp³-hybridized carbons (Fsp3) is 0.130. The lowest BCUT2D eigenvalue weighted by Crippen LogP contribution is -2.03. The van der Waals surface area contributed by atoms with Crippen LogP contribution in [0.3, 0.4) is 0 Å². The SMILES string of the molecule is Cc1ccc(-c2nnc(SCC(=O)c3ccc(Cl)s3)nc2-c2ccc(C)cc2)cc1. The first-order valence-electron chi connectivity index (χ1n) is 9.30. The number of carbonyl (C=O) groups excluding carboxylic acids is 1. The van der Waals surface area contributed by atoms with E-state index in [-0.39, 0.29) is 11.5 Å². The molecule has 4 rings (SSSR count). The van der Waals surface area contributed by atoms with Gasteiger partial charge in [0.15, 0.2) is 5.78 Å². The zero-order chi connectivity index (χ0) is 21.1. The smallest absolute Gasteiger partial charge is 0.210 e. The average Bonchev–Trinajstić information content (AvgIpc) is 3.19. The molecule has 4 nitrogen and oxygen atoms in total. The van der Waals surface area contributed by atoms with E-state index in [4.69, 9.17) is 16.6 Å². The standard InChI is InChI=1S/C23H18ClN3OS2/c1-14-3-7-16(8-4-14)21-22(17-9-5-15(2)6-10-17)26-27-23(25-21)29-13-18(28)19-11-12-20(24)30-19/h3-12H,13H2,1-2H3. The van der Waals surface area contributed by atoms with Gasteiger partial charge in [-0.2, -0.15) is 0 Å². The molecule has 0 unspecified atom stereocenters. The van der Waals surface area contributed by atoms with Gasteiger partial charge in [0.2, 0.25) is 5.16 Å². The van der Waals surface area contributed by atoms with Gasteiger partial charge in [0.25, 0.3) is 0 Å².